The van der Waals surface area contributed by atoms with Gasteiger partial charge in [0.1, 0.15) is 5.82 Å². The number of thiazole rings is 1. The molecule has 0 aliphatic heterocycles. The lowest BCUT2D eigenvalue weighted by Crippen LogP contribution is -2.15. The van der Waals surface area contributed by atoms with E-state index in [1.807, 2.05) is 6.92 Å². The van der Waals surface area contributed by atoms with Crippen molar-refractivity contribution in [1.29, 1.82) is 0 Å². The summed E-state index contributed by atoms with van der Waals surface area (Å²) in [5.41, 5.74) is 0.938. The number of hydrogen-bond donors (Lipinski definition) is 3. The summed E-state index contributed by atoms with van der Waals surface area (Å²) in [6, 6.07) is 6.91. The molecule has 0 radical (unpaired) electrons. The van der Waals surface area contributed by atoms with Crippen LogP contribution in [-0.4, -0.2) is 31.7 Å². The van der Waals surface area contributed by atoms with Crippen LogP contribution in [0.15, 0.2) is 40.3 Å². The lowest BCUT2D eigenvalue weighted by atomic mass is 10.1. The van der Waals surface area contributed by atoms with E-state index in [1.165, 1.54) is 23.5 Å². The molecule has 26 heavy (non-hydrogen) atoms. The van der Waals surface area contributed by atoms with Crippen LogP contribution in [0.3, 0.4) is 0 Å². The van der Waals surface area contributed by atoms with Crippen LogP contribution in [0.1, 0.15) is 4.88 Å². The third-order valence-corrected chi connectivity index (χ3v) is 4.97. The van der Waals surface area contributed by atoms with Crippen LogP contribution in [0.2, 0.25) is 0 Å². The Kier molecular flexibility index (Phi) is 5.33. The maximum Gasteiger partial charge on any atom is 0.255 e. The average molecular weight is 392 g/mol. The number of carbonyl (C=O) groups is 1. The molecule has 0 bridgehead atoms. The largest absolute Gasteiger partial charge is 0.493 e. The van der Waals surface area contributed by atoms with Crippen molar-refractivity contribution in [3.8, 4) is 17.1 Å². The predicted octanol–water partition coefficient (Wildman–Crippen LogP) is 2.78. The fraction of sp³-hybridized carbons (Fsp3) is 0.125. The van der Waals surface area contributed by atoms with Crippen LogP contribution in [0.25, 0.3) is 11.3 Å². The van der Waals surface area contributed by atoms with Crippen molar-refractivity contribution >= 4 is 34.1 Å². The molecule has 2 aromatic heterocycles. The average Bonchev–Trinajstić information content (AvgIpc) is 2.93. The van der Waals surface area contributed by atoms with Crippen LogP contribution in [-0.2, 0) is 4.79 Å². The molecule has 0 fully saturated rings. The normalized spacial score (nSPS) is 10.7. The molecule has 0 aliphatic rings. The van der Waals surface area contributed by atoms with Crippen molar-refractivity contribution in [2.75, 3.05) is 11.1 Å². The highest BCUT2D eigenvalue weighted by atomic mass is 32.2. The minimum absolute atomic E-state index is 0.0170. The number of aromatic nitrogens is 3. The Morgan fingerprint density at radius 2 is 2.08 bits per heavy atom. The number of aromatic hydroxyl groups is 1. The first kappa shape index (κ1) is 18.1. The monoisotopic (exact) mass is 392 g/mol. The predicted molar refractivity (Wildman–Crippen MR) is 98.1 cm³/mol. The minimum atomic E-state index is -0.500. The van der Waals surface area contributed by atoms with E-state index in [2.05, 4.69) is 20.3 Å². The Labute approximate surface area is 155 Å². The van der Waals surface area contributed by atoms with E-state index in [-0.39, 0.29) is 22.6 Å². The first-order valence-corrected chi connectivity index (χ1v) is 9.17. The molecule has 10 heteroatoms. The molecule has 0 unspecified atom stereocenters. The molecule has 1 aromatic carbocycles. The Bertz CT molecular complexity index is 1000. The zero-order valence-corrected chi connectivity index (χ0v) is 15.1. The summed E-state index contributed by atoms with van der Waals surface area (Å²) in [6.07, 6.45) is 0. The minimum Gasteiger partial charge on any atom is -0.493 e. The second-order valence-electron chi connectivity index (χ2n) is 5.18. The maximum atomic E-state index is 13.0. The molecular weight excluding hydrogens is 379 g/mol. The van der Waals surface area contributed by atoms with Crippen LogP contribution in [0.4, 0.5) is 9.52 Å². The van der Waals surface area contributed by atoms with Crippen molar-refractivity contribution in [2.24, 2.45) is 0 Å². The molecule has 0 atom stereocenters. The second-order valence-corrected chi connectivity index (χ2v) is 7.34. The van der Waals surface area contributed by atoms with Crippen molar-refractivity contribution in [2.45, 2.75) is 12.1 Å². The SMILES string of the molecule is Cc1sc(NC(=O)CSc2nc(O)cc(=O)[nH]2)nc1-c1ccc(F)cc1. The van der Waals surface area contributed by atoms with Gasteiger partial charge in [0.05, 0.1) is 17.5 Å². The van der Waals surface area contributed by atoms with E-state index in [1.54, 1.807) is 12.1 Å². The summed E-state index contributed by atoms with van der Waals surface area (Å²) in [7, 11) is 0. The summed E-state index contributed by atoms with van der Waals surface area (Å²) >= 11 is 2.29. The number of rotatable bonds is 5. The fourth-order valence-electron chi connectivity index (χ4n) is 2.11. The molecule has 0 saturated heterocycles. The number of nitrogens with zero attached hydrogens (tertiary/aromatic N) is 2. The molecular formula is C16H13FN4O3S2. The van der Waals surface area contributed by atoms with Crippen LogP contribution >= 0.6 is 23.1 Å². The third-order valence-electron chi connectivity index (χ3n) is 3.21. The molecule has 0 spiro atoms. The zero-order valence-electron chi connectivity index (χ0n) is 13.4. The number of aryl methyl sites for hydroxylation is 1. The van der Waals surface area contributed by atoms with Crippen molar-refractivity contribution in [3.05, 3.63) is 51.4 Å². The molecule has 1 amide bonds. The highest BCUT2D eigenvalue weighted by Gasteiger charge is 2.13. The van der Waals surface area contributed by atoms with Gasteiger partial charge >= 0.3 is 0 Å². The van der Waals surface area contributed by atoms with Gasteiger partial charge in [0.25, 0.3) is 5.56 Å². The highest BCUT2D eigenvalue weighted by Crippen LogP contribution is 2.30. The van der Waals surface area contributed by atoms with E-state index in [4.69, 9.17) is 0 Å². The number of aromatic amines is 1. The Hall–Kier alpha value is -2.72. The summed E-state index contributed by atoms with van der Waals surface area (Å²) in [5.74, 6) is -1.08. The van der Waals surface area contributed by atoms with Gasteiger partial charge < -0.3 is 15.4 Å². The smallest absolute Gasteiger partial charge is 0.255 e. The van der Waals surface area contributed by atoms with Crippen LogP contribution in [0.5, 0.6) is 5.88 Å². The topological polar surface area (TPSA) is 108 Å². The van der Waals surface area contributed by atoms with Gasteiger partial charge in [-0.15, -0.1) is 11.3 Å². The summed E-state index contributed by atoms with van der Waals surface area (Å²) in [5, 5.41) is 12.5. The van der Waals surface area contributed by atoms with Gasteiger partial charge in [-0.2, -0.15) is 4.98 Å². The maximum absolute atomic E-state index is 13.0. The lowest BCUT2D eigenvalue weighted by molar-refractivity contribution is -0.113. The molecule has 0 saturated carbocycles. The first-order valence-electron chi connectivity index (χ1n) is 7.37. The number of hydrogen-bond acceptors (Lipinski definition) is 7. The van der Waals surface area contributed by atoms with Gasteiger partial charge in [-0.1, -0.05) is 11.8 Å². The van der Waals surface area contributed by atoms with E-state index in [9.17, 15) is 19.1 Å². The standard InChI is InChI=1S/C16H13FN4O3S2/c1-8-14(9-2-4-10(17)5-3-9)21-16(26-8)20-13(24)7-25-15-18-11(22)6-12(23)19-15/h2-6H,7H2,1H3,(H,20,21,24)(H2,18,19,22,23). The van der Waals surface area contributed by atoms with E-state index >= 15 is 0 Å². The number of halogens is 1. The zero-order chi connectivity index (χ0) is 18.7. The van der Waals surface area contributed by atoms with Gasteiger partial charge in [0.15, 0.2) is 10.3 Å². The van der Waals surface area contributed by atoms with Gasteiger partial charge in [0.2, 0.25) is 11.8 Å². The number of amides is 1. The van der Waals surface area contributed by atoms with Gasteiger partial charge in [0, 0.05) is 10.4 Å². The summed E-state index contributed by atoms with van der Waals surface area (Å²) in [6.45, 7) is 1.86. The Balaban J connectivity index is 1.65. The lowest BCUT2D eigenvalue weighted by Gasteiger charge is -2.02. The van der Waals surface area contributed by atoms with Gasteiger partial charge in [-0.05, 0) is 31.2 Å². The number of thioether (sulfide) groups is 1. The molecule has 3 aromatic rings. The Morgan fingerprint density at radius 1 is 1.35 bits per heavy atom. The van der Waals surface area contributed by atoms with E-state index < -0.39 is 11.4 Å². The van der Waals surface area contributed by atoms with Crippen molar-refractivity contribution in [3.63, 3.8) is 0 Å². The van der Waals surface area contributed by atoms with Gasteiger partial charge in [-0.3, -0.25) is 9.59 Å². The number of nitrogens with one attached hydrogen (secondary N) is 2. The van der Waals surface area contributed by atoms with Crippen LogP contribution in [0, 0.1) is 12.7 Å². The molecule has 2 heterocycles. The van der Waals surface area contributed by atoms with E-state index in [0.29, 0.717) is 10.8 Å². The Morgan fingerprint density at radius 3 is 2.77 bits per heavy atom. The van der Waals surface area contributed by atoms with E-state index in [0.717, 1.165) is 28.3 Å². The van der Waals surface area contributed by atoms with Crippen LogP contribution < -0.4 is 10.9 Å². The molecule has 134 valence electrons. The fourth-order valence-corrected chi connectivity index (χ4v) is 3.63. The van der Waals surface area contributed by atoms with Crippen molar-refractivity contribution < 1.29 is 14.3 Å². The highest BCUT2D eigenvalue weighted by molar-refractivity contribution is 7.99. The molecule has 3 rings (SSSR count). The summed E-state index contributed by atoms with van der Waals surface area (Å²) in [4.78, 5) is 34.7. The molecule has 0 aliphatic carbocycles. The number of benzene rings is 1. The number of carbonyl (C=O) groups excluding carboxylic acids is 1. The third kappa shape index (κ3) is 4.46. The quantitative estimate of drug-likeness (QED) is 0.455. The van der Waals surface area contributed by atoms with Gasteiger partial charge in [-0.25, -0.2) is 9.37 Å². The first-order chi connectivity index (χ1) is 12.4. The second kappa shape index (κ2) is 7.67. The molecule has 7 nitrogen and oxygen atoms in total. The number of H-pyrrole nitrogens is 1. The van der Waals surface area contributed by atoms with Crippen molar-refractivity contribution in [1.82, 2.24) is 15.0 Å². The molecule has 3 N–H and O–H groups in total. The summed E-state index contributed by atoms with van der Waals surface area (Å²) < 4.78 is 13.0. The number of anilines is 1.